The van der Waals surface area contributed by atoms with E-state index < -0.39 is 10.0 Å². The first-order valence-corrected chi connectivity index (χ1v) is 11.0. The zero-order chi connectivity index (χ0) is 19.1. The molecule has 0 bridgehead atoms. The molecule has 1 aromatic heterocycles. The van der Waals surface area contributed by atoms with Crippen LogP contribution in [0.25, 0.3) is 0 Å². The Kier molecular flexibility index (Phi) is 5.44. The number of hydrogen-bond donors (Lipinski definition) is 0. The SMILES string of the molecule is Cc1cc(C)c(S(=O)(=O)N2CCN(C(=O)c3ccc(Cl)s3)CC2)c(C)c1. The van der Waals surface area contributed by atoms with E-state index in [0.29, 0.717) is 40.3 Å². The number of hydrogen-bond acceptors (Lipinski definition) is 4. The molecule has 0 saturated carbocycles. The average Bonchev–Trinajstić information content (AvgIpc) is 2.99. The second kappa shape index (κ2) is 7.31. The molecule has 2 aromatic rings. The van der Waals surface area contributed by atoms with Crippen LogP contribution in [0.3, 0.4) is 0 Å². The number of sulfonamides is 1. The summed E-state index contributed by atoms with van der Waals surface area (Å²) >= 11 is 7.14. The van der Waals surface area contributed by atoms with Crippen molar-refractivity contribution in [1.82, 2.24) is 9.21 Å². The number of nitrogens with zero attached hydrogens (tertiary/aromatic N) is 2. The van der Waals surface area contributed by atoms with E-state index in [-0.39, 0.29) is 5.91 Å². The quantitative estimate of drug-likeness (QED) is 0.775. The summed E-state index contributed by atoms with van der Waals surface area (Å²) in [5, 5.41) is 0. The molecule has 1 aliphatic heterocycles. The van der Waals surface area contributed by atoms with Gasteiger partial charge in [-0.25, -0.2) is 8.42 Å². The van der Waals surface area contributed by atoms with Gasteiger partial charge in [-0.1, -0.05) is 29.3 Å². The highest BCUT2D eigenvalue weighted by Gasteiger charge is 2.32. The minimum atomic E-state index is -3.57. The maximum absolute atomic E-state index is 13.1. The van der Waals surface area contributed by atoms with Gasteiger partial charge in [-0.15, -0.1) is 11.3 Å². The van der Waals surface area contributed by atoms with Gasteiger partial charge < -0.3 is 4.90 Å². The second-order valence-electron chi connectivity index (χ2n) is 6.53. The number of rotatable bonds is 3. The van der Waals surface area contributed by atoms with Gasteiger partial charge in [-0.2, -0.15) is 4.31 Å². The van der Waals surface area contributed by atoms with E-state index in [1.807, 2.05) is 32.9 Å². The topological polar surface area (TPSA) is 57.7 Å². The van der Waals surface area contributed by atoms with Gasteiger partial charge in [0.15, 0.2) is 0 Å². The molecule has 1 amide bonds. The van der Waals surface area contributed by atoms with E-state index in [9.17, 15) is 13.2 Å². The number of aryl methyl sites for hydroxylation is 3. The molecule has 0 spiro atoms. The maximum Gasteiger partial charge on any atom is 0.264 e. The van der Waals surface area contributed by atoms with Crippen LogP contribution < -0.4 is 0 Å². The lowest BCUT2D eigenvalue weighted by atomic mass is 10.1. The van der Waals surface area contributed by atoms with Crippen LogP contribution in [0.5, 0.6) is 0 Å². The minimum Gasteiger partial charge on any atom is -0.335 e. The standard InChI is InChI=1S/C18H21ClN2O3S2/c1-12-10-13(2)17(14(3)11-12)26(23,24)21-8-6-20(7-9-21)18(22)15-4-5-16(19)25-15/h4-5,10-11H,6-9H2,1-3H3. The van der Waals surface area contributed by atoms with E-state index in [1.165, 1.54) is 15.6 Å². The van der Waals surface area contributed by atoms with Crippen molar-refractivity contribution >= 4 is 38.9 Å². The monoisotopic (exact) mass is 412 g/mol. The van der Waals surface area contributed by atoms with Crippen molar-refractivity contribution in [2.24, 2.45) is 0 Å². The lowest BCUT2D eigenvalue weighted by Gasteiger charge is -2.34. The van der Waals surface area contributed by atoms with E-state index >= 15 is 0 Å². The number of carbonyl (C=O) groups excluding carboxylic acids is 1. The van der Waals surface area contributed by atoms with E-state index in [0.717, 1.165) is 16.7 Å². The molecule has 26 heavy (non-hydrogen) atoms. The predicted molar refractivity (Wildman–Crippen MR) is 105 cm³/mol. The molecule has 1 aromatic carbocycles. The molecule has 8 heteroatoms. The molecule has 0 N–H and O–H groups in total. The van der Waals surface area contributed by atoms with Gasteiger partial charge in [-0.05, 0) is 44.0 Å². The minimum absolute atomic E-state index is 0.0957. The van der Waals surface area contributed by atoms with Crippen LogP contribution in [0.1, 0.15) is 26.4 Å². The van der Waals surface area contributed by atoms with Crippen LogP contribution in [0.2, 0.25) is 4.34 Å². The van der Waals surface area contributed by atoms with Crippen LogP contribution in [0.4, 0.5) is 0 Å². The highest BCUT2D eigenvalue weighted by Crippen LogP contribution is 2.27. The van der Waals surface area contributed by atoms with Gasteiger partial charge in [-0.3, -0.25) is 4.79 Å². The van der Waals surface area contributed by atoms with Crippen LogP contribution in [0.15, 0.2) is 29.2 Å². The molecule has 0 atom stereocenters. The molecule has 2 heterocycles. The number of carbonyl (C=O) groups is 1. The van der Waals surface area contributed by atoms with Crippen LogP contribution in [-0.2, 0) is 10.0 Å². The third-order valence-electron chi connectivity index (χ3n) is 4.51. The maximum atomic E-state index is 13.1. The lowest BCUT2D eigenvalue weighted by Crippen LogP contribution is -2.50. The summed E-state index contributed by atoms with van der Waals surface area (Å²) in [6, 6.07) is 7.18. The number of piperazine rings is 1. The highest BCUT2D eigenvalue weighted by atomic mass is 35.5. The molecular formula is C18H21ClN2O3S2. The Morgan fingerprint density at radius 3 is 2.12 bits per heavy atom. The van der Waals surface area contributed by atoms with Crippen LogP contribution in [-0.4, -0.2) is 49.7 Å². The highest BCUT2D eigenvalue weighted by molar-refractivity contribution is 7.89. The third kappa shape index (κ3) is 3.67. The van der Waals surface area contributed by atoms with Crippen molar-refractivity contribution in [3.8, 4) is 0 Å². The Labute approximate surface area is 163 Å². The number of thiophene rings is 1. The molecule has 0 radical (unpaired) electrons. The molecule has 1 fully saturated rings. The number of amides is 1. The molecular weight excluding hydrogens is 392 g/mol. The van der Waals surface area contributed by atoms with Gasteiger partial charge in [0, 0.05) is 26.2 Å². The van der Waals surface area contributed by atoms with Crippen molar-refractivity contribution in [2.75, 3.05) is 26.2 Å². The Morgan fingerprint density at radius 1 is 1.04 bits per heavy atom. The third-order valence-corrected chi connectivity index (χ3v) is 7.94. The van der Waals surface area contributed by atoms with E-state index in [1.54, 1.807) is 17.0 Å². The summed E-state index contributed by atoms with van der Waals surface area (Å²) < 4.78 is 28.2. The first-order valence-electron chi connectivity index (χ1n) is 8.33. The van der Waals surface area contributed by atoms with E-state index in [4.69, 9.17) is 11.6 Å². The van der Waals surface area contributed by atoms with Crippen molar-refractivity contribution in [3.05, 3.63) is 50.2 Å². The zero-order valence-electron chi connectivity index (χ0n) is 15.0. The zero-order valence-corrected chi connectivity index (χ0v) is 17.3. The summed E-state index contributed by atoms with van der Waals surface area (Å²) in [5.41, 5.74) is 2.56. The van der Waals surface area contributed by atoms with Crippen molar-refractivity contribution in [1.29, 1.82) is 0 Å². The molecule has 140 valence electrons. The number of benzene rings is 1. The summed E-state index contributed by atoms with van der Waals surface area (Å²) in [6.45, 7) is 6.94. The van der Waals surface area contributed by atoms with Crippen LogP contribution >= 0.6 is 22.9 Å². The molecule has 0 aliphatic carbocycles. The average molecular weight is 413 g/mol. The Balaban J connectivity index is 1.76. The van der Waals surface area contributed by atoms with Crippen molar-refractivity contribution in [3.63, 3.8) is 0 Å². The van der Waals surface area contributed by atoms with Gasteiger partial charge in [0.05, 0.1) is 14.1 Å². The molecule has 1 saturated heterocycles. The second-order valence-corrected chi connectivity index (χ2v) is 10.1. The van der Waals surface area contributed by atoms with E-state index in [2.05, 4.69) is 0 Å². The predicted octanol–water partition coefficient (Wildman–Crippen LogP) is 3.47. The first-order chi connectivity index (χ1) is 12.2. The normalized spacial score (nSPS) is 16.1. The van der Waals surface area contributed by atoms with Gasteiger partial charge >= 0.3 is 0 Å². The number of halogens is 1. The van der Waals surface area contributed by atoms with Crippen molar-refractivity contribution < 1.29 is 13.2 Å². The van der Waals surface area contributed by atoms with Crippen molar-refractivity contribution in [2.45, 2.75) is 25.7 Å². The fraction of sp³-hybridized carbons (Fsp3) is 0.389. The fourth-order valence-corrected chi connectivity index (χ4v) is 6.26. The Bertz CT molecular complexity index is 922. The van der Waals surface area contributed by atoms with Gasteiger partial charge in [0.2, 0.25) is 10.0 Å². The molecule has 1 aliphatic rings. The van der Waals surface area contributed by atoms with Crippen LogP contribution in [0, 0.1) is 20.8 Å². The Hall–Kier alpha value is -1.41. The van der Waals surface area contributed by atoms with Gasteiger partial charge in [0.1, 0.15) is 0 Å². The largest absolute Gasteiger partial charge is 0.335 e. The lowest BCUT2D eigenvalue weighted by molar-refractivity contribution is 0.0702. The Morgan fingerprint density at radius 2 is 1.62 bits per heavy atom. The summed E-state index contributed by atoms with van der Waals surface area (Å²) in [4.78, 5) is 15.1. The molecule has 3 rings (SSSR count). The summed E-state index contributed by atoms with van der Waals surface area (Å²) in [5.74, 6) is -0.0957. The molecule has 0 unspecified atom stereocenters. The first kappa shape index (κ1) is 19.4. The van der Waals surface area contributed by atoms with Gasteiger partial charge in [0.25, 0.3) is 5.91 Å². The summed E-state index contributed by atoms with van der Waals surface area (Å²) in [6.07, 6.45) is 0. The smallest absolute Gasteiger partial charge is 0.264 e. The fourth-order valence-electron chi connectivity index (χ4n) is 3.42. The summed E-state index contributed by atoms with van der Waals surface area (Å²) in [7, 11) is -3.57. The molecule has 5 nitrogen and oxygen atoms in total.